The van der Waals surface area contributed by atoms with E-state index in [2.05, 4.69) is 30.3 Å². The van der Waals surface area contributed by atoms with Gasteiger partial charge in [-0.3, -0.25) is 0 Å². The molecule has 2 N–H and O–H groups in total. The number of rotatable bonds is 7. The Morgan fingerprint density at radius 3 is 2.69 bits per heavy atom. The van der Waals surface area contributed by atoms with E-state index >= 15 is 0 Å². The molecular formula is C13H25N3. The van der Waals surface area contributed by atoms with Crippen molar-refractivity contribution >= 4 is 0 Å². The second kappa shape index (κ2) is 6.69. The largest absolute Gasteiger partial charge is 0.334 e. The minimum Gasteiger partial charge on any atom is -0.334 e. The highest BCUT2D eigenvalue weighted by Gasteiger charge is 2.17. The summed E-state index contributed by atoms with van der Waals surface area (Å²) in [5.74, 6) is 1.01. The van der Waals surface area contributed by atoms with Crippen LogP contribution in [0.15, 0.2) is 12.5 Å². The van der Waals surface area contributed by atoms with E-state index in [0.717, 1.165) is 6.54 Å². The van der Waals surface area contributed by atoms with Gasteiger partial charge in [-0.15, -0.1) is 0 Å². The van der Waals surface area contributed by atoms with Gasteiger partial charge in [-0.2, -0.15) is 0 Å². The van der Waals surface area contributed by atoms with Crippen molar-refractivity contribution in [3.05, 3.63) is 18.2 Å². The number of aryl methyl sites for hydroxylation is 1. The van der Waals surface area contributed by atoms with Crippen LogP contribution in [0.4, 0.5) is 0 Å². The van der Waals surface area contributed by atoms with Crippen molar-refractivity contribution in [1.29, 1.82) is 0 Å². The quantitative estimate of drug-likeness (QED) is 0.722. The lowest BCUT2D eigenvalue weighted by Gasteiger charge is -2.20. The maximum absolute atomic E-state index is 5.85. The zero-order valence-corrected chi connectivity index (χ0v) is 10.8. The first-order valence-corrected chi connectivity index (χ1v) is 6.40. The van der Waals surface area contributed by atoms with Crippen molar-refractivity contribution in [3.8, 4) is 0 Å². The number of unbranched alkanes of at least 4 members (excludes halogenated alkanes) is 2. The fourth-order valence-corrected chi connectivity index (χ4v) is 2.09. The molecule has 0 radical (unpaired) electrons. The summed E-state index contributed by atoms with van der Waals surface area (Å²) in [5.41, 5.74) is 7.15. The minimum atomic E-state index is 0.434. The SMILES string of the molecule is CCCCCn1cncc1C(CN)C(C)C. The molecular weight excluding hydrogens is 198 g/mol. The van der Waals surface area contributed by atoms with Crippen LogP contribution in [0.25, 0.3) is 0 Å². The molecule has 0 saturated heterocycles. The monoisotopic (exact) mass is 223 g/mol. The first-order valence-electron chi connectivity index (χ1n) is 6.40. The number of nitrogens with two attached hydrogens (primary N) is 1. The van der Waals surface area contributed by atoms with Crippen LogP contribution < -0.4 is 5.73 Å². The van der Waals surface area contributed by atoms with Crippen LogP contribution in [-0.2, 0) is 6.54 Å². The molecule has 3 heteroatoms. The van der Waals surface area contributed by atoms with Crippen molar-refractivity contribution in [2.24, 2.45) is 11.7 Å². The Bertz CT molecular complexity index is 291. The Labute approximate surface area is 99.1 Å². The van der Waals surface area contributed by atoms with E-state index < -0.39 is 0 Å². The molecule has 0 bridgehead atoms. The van der Waals surface area contributed by atoms with Crippen molar-refractivity contribution in [1.82, 2.24) is 9.55 Å². The molecule has 1 atom stereocenters. The Morgan fingerprint density at radius 2 is 2.12 bits per heavy atom. The van der Waals surface area contributed by atoms with Gasteiger partial charge in [0.2, 0.25) is 0 Å². The third-order valence-corrected chi connectivity index (χ3v) is 3.19. The van der Waals surface area contributed by atoms with Crippen molar-refractivity contribution in [2.75, 3.05) is 6.54 Å². The summed E-state index contributed by atoms with van der Waals surface area (Å²) in [7, 11) is 0. The van der Waals surface area contributed by atoms with E-state index in [0.29, 0.717) is 18.4 Å². The molecule has 0 aliphatic rings. The predicted octanol–water partition coefficient (Wildman–Crippen LogP) is 2.77. The summed E-state index contributed by atoms with van der Waals surface area (Å²) < 4.78 is 2.27. The predicted molar refractivity (Wildman–Crippen MR) is 68.4 cm³/mol. The van der Waals surface area contributed by atoms with Gasteiger partial charge in [0.1, 0.15) is 0 Å². The second-order valence-electron chi connectivity index (χ2n) is 4.81. The highest BCUT2D eigenvalue weighted by Crippen LogP contribution is 2.23. The number of hydrogen-bond acceptors (Lipinski definition) is 2. The Balaban J connectivity index is 2.68. The van der Waals surface area contributed by atoms with Gasteiger partial charge in [0.15, 0.2) is 0 Å². The standard InChI is InChI=1S/C13H25N3/c1-4-5-6-7-16-10-15-9-13(16)12(8-14)11(2)3/h9-12H,4-8,14H2,1-3H3. The number of imidazole rings is 1. The molecule has 92 valence electrons. The average Bonchev–Trinajstić information content (AvgIpc) is 2.68. The van der Waals surface area contributed by atoms with Gasteiger partial charge in [0.05, 0.1) is 6.33 Å². The second-order valence-corrected chi connectivity index (χ2v) is 4.81. The van der Waals surface area contributed by atoms with Crippen LogP contribution in [-0.4, -0.2) is 16.1 Å². The number of aromatic nitrogens is 2. The van der Waals surface area contributed by atoms with E-state index in [1.54, 1.807) is 0 Å². The molecule has 0 fully saturated rings. The van der Waals surface area contributed by atoms with Crippen LogP contribution in [0.2, 0.25) is 0 Å². The van der Waals surface area contributed by atoms with Gasteiger partial charge in [0, 0.05) is 30.9 Å². The molecule has 0 amide bonds. The van der Waals surface area contributed by atoms with Crippen LogP contribution in [0.1, 0.15) is 51.6 Å². The lowest BCUT2D eigenvalue weighted by atomic mass is 9.93. The fraction of sp³-hybridized carbons (Fsp3) is 0.769. The van der Waals surface area contributed by atoms with Crippen molar-refractivity contribution in [2.45, 2.75) is 52.5 Å². The van der Waals surface area contributed by atoms with Crippen molar-refractivity contribution < 1.29 is 0 Å². The molecule has 3 nitrogen and oxygen atoms in total. The van der Waals surface area contributed by atoms with E-state index in [1.807, 2.05) is 12.5 Å². The smallest absolute Gasteiger partial charge is 0.0948 e. The molecule has 16 heavy (non-hydrogen) atoms. The lowest BCUT2D eigenvalue weighted by molar-refractivity contribution is 0.465. The molecule has 1 unspecified atom stereocenters. The molecule has 1 heterocycles. The van der Waals surface area contributed by atoms with Gasteiger partial charge >= 0.3 is 0 Å². The van der Waals surface area contributed by atoms with Gasteiger partial charge in [-0.05, 0) is 12.3 Å². The van der Waals surface area contributed by atoms with E-state index in [4.69, 9.17) is 5.73 Å². The summed E-state index contributed by atoms with van der Waals surface area (Å²) in [6.07, 6.45) is 7.69. The summed E-state index contributed by atoms with van der Waals surface area (Å²) in [6, 6.07) is 0. The normalized spacial score (nSPS) is 13.3. The van der Waals surface area contributed by atoms with E-state index in [1.165, 1.54) is 25.0 Å². The van der Waals surface area contributed by atoms with Gasteiger partial charge in [0.25, 0.3) is 0 Å². The Morgan fingerprint density at radius 1 is 1.38 bits per heavy atom. The summed E-state index contributed by atoms with van der Waals surface area (Å²) in [4.78, 5) is 4.26. The molecule has 1 rings (SSSR count). The Hall–Kier alpha value is -0.830. The molecule has 0 spiro atoms. The highest BCUT2D eigenvalue weighted by molar-refractivity contribution is 5.08. The zero-order valence-electron chi connectivity index (χ0n) is 10.8. The molecule has 0 saturated carbocycles. The van der Waals surface area contributed by atoms with E-state index in [9.17, 15) is 0 Å². The van der Waals surface area contributed by atoms with Gasteiger partial charge in [-0.1, -0.05) is 33.6 Å². The minimum absolute atomic E-state index is 0.434. The van der Waals surface area contributed by atoms with Crippen molar-refractivity contribution in [3.63, 3.8) is 0 Å². The van der Waals surface area contributed by atoms with Crippen LogP contribution >= 0.6 is 0 Å². The number of hydrogen-bond donors (Lipinski definition) is 1. The average molecular weight is 223 g/mol. The summed E-state index contributed by atoms with van der Waals surface area (Å²) in [5, 5.41) is 0. The molecule has 0 aliphatic heterocycles. The topological polar surface area (TPSA) is 43.8 Å². The summed E-state index contributed by atoms with van der Waals surface area (Å²) in [6.45, 7) is 8.46. The van der Waals surface area contributed by atoms with Gasteiger partial charge in [-0.25, -0.2) is 4.98 Å². The van der Waals surface area contributed by atoms with Gasteiger partial charge < -0.3 is 10.3 Å². The maximum Gasteiger partial charge on any atom is 0.0948 e. The maximum atomic E-state index is 5.85. The van der Waals surface area contributed by atoms with Crippen LogP contribution in [0.5, 0.6) is 0 Å². The fourth-order valence-electron chi connectivity index (χ4n) is 2.09. The Kier molecular flexibility index (Phi) is 5.53. The highest BCUT2D eigenvalue weighted by atomic mass is 15.0. The molecule has 0 aromatic carbocycles. The summed E-state index contributed by atoms with van der Waals surface area (Å²) >= 11 is 0. The number of nitrogens with zero attached hydrogens (tertiary/aromatic N) is 2. The van der Waals surface area contributed by atoms with E-state index in [-0.39, 0.29) is 0 Å². The first-order chi connectivity index (χ1) is 7.70. The van der Waals surface area contributed by atoms with Crippen LogP contribution in [0.3, 0.4) is 0 Å². The first kappa shape index (κ1) is 13.2. The molecule has 0 aliphatic carbocycles. The zero-order chi connectivity index (χ0) is 12.0. The third-order valence-electron chi connectivity index (χ3n) is 3.19. The molecule has 1 aromatic rings. The molecule has 1 aromatic heterocycles. The third kappa shape index (κ3) is 3.34. The van der Waals surface area contributed by atoms with Crippen LogP contribution in [0, 0.1) is 5.92 Å². The lowest BCUT2D eigenvalue weighted by Crippen LogP contribution is -2.21.